The molecule has 2 heterocycles. The molecular weight excluding hydrogens is 349 g/mol. The second kappa shape index (κ2) is 7.29. The highest BCUT2D eigenvalue weighted by atomic mass is 19.1. The van der Waals surface area contributed by atoms with Crippen LogP contribution in [0.2, 0.25) is 0 Å². The molecule has 1 aliphatic heterocycles. The fourth-order valence-corrected chi connectivity index (χ4v) is 2.25. The molecule has 26 heavy (non-hydrogen) atoms. The molecule has 1 aromatic rings. The lowest BCUT2D eigenvalue weighted by Gasteiger charge is -2.29. The topological polar surface area (TPSA) is 123 Å². The number of aliphatic hydroxyl groups is 2. The number of nitrogens with one attached hydrogen (secondary N) is 1. The number of amides is 1. The molecule has 3 N–H and O–H groups in total. The first kappa shape index (κ1) is 20.3. The number of halogens is 1. The monoisotopic (exact) mass is 373 g/mol. The van der Waals surface area contributed by atoms with Crippen molar-refractivity contribution in [1.82, 2.24) is 9.55 Å². The van der Waals surface area contributed by atoms with Crippen LogP contribution in [-0.4, -0.2) is 49.8 Å². The molecule has 10 heteroatoms. The molecule has 2 rings (SSSR count). The largest absolute Gasteiger partial charge is 0.443 e. The molecule has 1 fully saturated rings. The van der Waals surface area contributed by atoms with Crippen LogP contribution in [0.4, 0.5) is 15.0 Å². The average molecular weight is 373 g/mol. The lowest BCUT2D eigenvalue weighted by Crippen LogP contribution is -2.37. The highest BCUT2D eigenvalue weighted by Crippen LogP contribution is 2.28. The zero-order valence-corrected chi connectivity index (χ0v) is 15.3. The number of ether oxygens (including phenoxy) is 2. The lowest BCUT2D eigenvalue weighted by molar-refractivity contribution is -0.0355. The van der Waals surface area contributed by atoms with E-state index in [9.17, 15) is 24.2 Å². The number of aliphatic hydroxyl groups excluding tert-OH is 2. The number of aromatic nitrogens is 2. The van der Waals surface area contributed by atoms with Gasteiger partial charge in [0.15, 0.2) is 17.9 Å². The summed E-state index contributed by atoms with van der Waals surface area (Å²) in [6.07, 6.45) is -4.86. The van der Waals surface area contributed by atoms with Crippen LogP contribution in [0, 0.1) is 11.7 Å². The van der Waals surface area contributed by atoms with Gasteiger partial charge in [0.2, 0.25) is 0 Å². The van der Waals surface area contributed by atoms with Crippen molar-refractivity contribution in [2.45, 2.75) is 64.8 Å². The van der Waals surface area contributed by atoms with E-state index in [1.54, 1.807) is 13.8 Å². The van der Waals surface area contributed by atoms with Crippen LogP contribution in [0.25, 0.3) is 0 Å². The SMILES string of the molecule is CC(C)C(C)(C)OC(=O)Nc1nc(=O)n([C@@H]2O[C@H](C)[C@@H](O)[C@H]2O)cc1F. The number of hydrogen-bond acceptors (Lipinski definition) is 7. The van der Waals surface area contributed by atoms with Crippen molar-refractivity contribution in [2.75, 3.05) is 5.32 Å². The standard InChI is InChI=1S/C16H24FN3O6/c1-7(2)16(4,5)26-15(24)19-12-9(17)6-20(14(23)18-12)13-11(22)10(21)8(3)25-13/h6-8,10-11,13,21-22H,1-5H3,(H,18,19,23,24)/t8-,10-,11-,13-/m1/s1. The van der Waals surface area contributed by atoms with Crippen LogP contribution < -0.4 is 11.0 Å². The van der Waals surface area contributed by atoms with Gasteiger partial charge < -0.3 is 19.7 Å². The van der Waals surface area contributed by atoms with Gasteiger partial charge in [0.1, 0.15) is 17.8 Å². The van der Waals surface area contributed by atoms with Gasteiger partial charge >= 0.3 is 11.8 Å². The molecule has 0 unspecified atom stereocenters. The summed E-state index contributed by atoms with van der Waals surface area (Å²) < 4.78 is 25.5. The van der Waals surface area contributed by atoms with Crippen molar-refractivity contribution >= 4 is 11.9 Å². The number of carbonyl (C=O) groups is 1. The zero-order chi connectivity index (χ0) is 19.8. The second-order valence-electron chi connectivity index (χ2n) is 7.11. The summed E-state index contributed by atoms with van der Waals surface area (Å²) in [7, 11) is 0. The van der Waals surface area contributed by atoms with Gasteiger partial charge in [-0.15, -0.1) is 0 Å². The maximum absolute atomic E-state index is 14.3. The van der Waals surface area contributed by atoms with Crippen molar-refractivity contribution in [3.63, 3.8) is 0 Å². The van der Waals surface area contributed by atoms with Gasteiger partial charge in [0.25, 0.3) is 0 Å². The minimum Gasteiger partial charge on any atom is -0.443 e. The normalized spacial score (nSPS) is 26.2. The Labute approximate surface area is 149 Å². The molecule has 4 atom stereocenters. The summed E-state index contributed by atoms with van der Waals surface area (Å²) in [5.74, 6) is -1.61. The molecule has 9 nitrogen and oxygen atoms in total. The molecule has 1 aliphatic rings. The number of rotatable bonds is 4. The molecule has 0 bridgehead atoms. The Morgan fingerprint density at radius 1 is 1.42 bits per heavy atom. The predicted molar refractivity (Wildman–Crippen MR) is 89.1 cm³/mol. The summed E-state index contributed by atoms with van der Waals surface area (Å²) in [5.41, 5.74) is -1.76. The van der Waals surface area contributed by atoms with Crippen molar-refractivity contribution < 1.29 is 28.9 Å². The summed E-state index contributed by atoms with van der Waals surface area (Å²) in [5, 5.41) is 21.7. The summed E-state index contributed by atoms with van der Waals surface area (Å²) in [4.78, 5) is 27.5. The Balaban J connectivity index is 2.20. The van der Waals surface area contributed by atoms with E-state index in [1.807, 2.05) is 13.8 Å². The highest BCUT2D eigenvalue weighted by molar-refractivity contribution is 5.83. The van der Waals surface area contributed by atoms with Gasteiger partial charge in [0.05, 0.1) is 12.3 Å². The van der Waals surface area contributed by atoms with Crippen LogP contribution in [-0.2, 0) is 9.47 Å². The molecule has 1 aromatic heterocycles. The van der Waals surface area contributed by atoms with Gasteiger partial charge in [-0.3, -0.25) is 9.88 Å². The first-order valence-electron chi connectivity index (χ1n) is 8.24. The van der Waals surface area contributed by atoms with Crippen LogP contribution in [0.5, 0.6) is 0 Å². The molecule has 0 saturated carbocycles. The van der Waals surface area contributed by atoms with E-state index in [0.717, 1.165) is 10.8 Å². The van der Waals surface area contributed by atoms with Gasteiger partial charge in [-0.05, 0) is 26.7 Å². The van der Waals surface area contributed by atoms with E-state index in [1.165, 1.54) is 6.92 Å². The second-order valence-corrected chi connectivity index (χ2v) is 7.11. The molecule has 1 amide bonds. The Morgan fingerprint density at radius 2 is 2.04 bits per heavy atom. The van der Waals surface area contributed by atoms with E-state index in [2.05, 4.69) is 10.3 Å². The lowest BCUT2D eigenvalue weighted by atomic mass is 9.95. The maximum atomic E-state index is 14.3. The third-order valence-corrected chi connectivity index (χ3v) is 4.62. The molecule has 0 aromatic carbocycles. The van der Waals surface area contributed by atoms with Gasteiger partial charge in [-0.1, -0.05) is 13.8 Å². The number of nitrogens with zero attached hydrogens (tertiary/aromatic N) is 2. The summed E-state index contributed by atoms with van der Waals surface area (Å²) >= 11 is 0. The Bertz CT molecular complexity index is 735. The molecular formula is C16H24FN3O6. The van der Waals surface area contributed by atoms with Crippen LogP contribution in [0.15, 0.2) is 11.0 Å². The molecule has 146 valence electrons. The number of anilines is 1. The summed E-state index contributed by atoms with van der Waals surface area (Å²) in [6, 6.07) is 0. The van der Waals surface area contributed by atoms with Gasteiger partial charge in [-0.2, -0.15) is 4.98 Å². The quantitative estimate of drug-likeness (QED) is 0.719. The Morgan fingerprint density at radius 3 is 2.54 bits per heavy atom. The van der Waals surface area contributed by atoms with Gasteiger partial charge in [-0.25, -0.2) is 14.0 Å². The third kappa shape index (κ3) is 4.02. The number of carbonyl (C=O) groups excluding carboxylic acids is 1. The first-order chi connectivity index (χ1) is 11.9. The van der Waals surface area contributed by atoms with E-state index in [-0.39, 0.29) is 5.92 Å². The van der Waals surface area contributed by atoms with Crippen molar-refractivity contribution in [2.24, 2.45) is 5.92 Å². The zero-order valence-electron chi connectivity index (χ0n) is 15.3. The maximum Gasteiger partial charge on any atom is 0.413 e. The van der Waals surface area contributed by atoms with Crippen molar-refractivity contribution in [1.29, 1.82) is 0 Å². The first-order valence-corrected chi connectivity index (χ1v) is 8.24. The molecule has 1 saturated heterocycles. The highest BCUT2D eigenvalue weighted by Gasteiger charge is 2.42. The van der Waals surface area contributed by atoms with E-state index in [4.69, 9.17) is 9.47 Å². The minimum absolute atomic E-state index is 0.00785. The van der Waals surface area contributed by atoms with Crippen LogP contribution in [0.1, 0.15) is 40.8 Å². The third-order valence-electron chi connectivity index (χ3n) is 4.62. The van der Waals surface area contributed by atoms with E-state index >= 15 is 0 Å². The molecule has 0 radical (unpaired) electrons. The summed E-state index contributed by atoms with van der Waals surface area (Å²) in [6.45, 7) is 8.62. The van der Waals surface area contributed by atoms with Crippen molar-refractivity contribution in [3.8, 4) is 0 Å². The fraction of sp³-hybridized carbons (Fsp3) is 0.688. The van der Waals surface area contributed by atoms with Crippen LogP contribution >= 0.6 is 0 Å². The van der Waals surface area contributed by atoms with E-state index in [0.29, 0.717) is 0 Å². The minimum atomic E-state index is -1.42. The van der Waals surface area contributed by atoms with E-state index < -0.39 is 53.6 Å². The average Bonchev–Trinajstić information content (AvgIpc) is 2.77. The van der Waals surface area contributed by atoms with Crippen LogP contribution in [0.3, 0.4) is 0 Å². The molecule has 0 spiro atoms. The number of hydrogen-bond donors (Lipinski definition) is 3. The molecule has 0 aliphatic carbocycles. The Hall–Kier alpha value is -2.04. The predicted octanol–water partition coefficient (Wildman–Crippen LogP) is 1.00. The smallest absolute Gasteiger partial charge is 0.413 e. The Kier molecular flexibility index (Phi) is 5.69. The van der Waals surface area contributed by atoms with Gasteiger partial charge in [0, 0.05) is 0 Å². The fourth-order valence-electron chi connectivity index (χ4n) is 2.25. The van der Waals surface area contributed by atoms with Crippen molar-refractivity contribution in [3.05, 3.63) is 22.5 Å².